The van der Waals surface area contributed by atoms with Gasteiger partial charge in [-0.25, -0.2) is 10.3 Å². The van der Waals surface area contributed by atoms with Crippen molar-refractivity contribution in [2.45, 2.75) is 30.5 Å². The quantitative estimate of drug-likeness (QED) is 0.214. The molecular weight excluding hydrogens is 542 g/mol. The summed E-state index contributed by atoms with van der Waals surface area (Å²) in [7, 11) is 0. The lowest BCUT2D eigenvalue weighted by Crippen LogP contribution is -2.54. The number of nitrogens with zero attached hydrogens (tertiary/aromatic N) is 2. The number of carbonyl (C=O) groups excluding carboxylic acids is 3. The molecule has 4 aromatic carbocycles. The van der Waals surface area contributed by atoms with Gasteiger partial charge in [0.2, 0.25) is 17.7 Å². The van der Waals surface area contributed by atoms with E-state index in [0.29, 0.717) is 18.9 Å². The van der Waals surface area contributed by atoms with E-state index >= 15 is 0 Å². The lowest BCUT2D eigenvalue weighted by atomic mass is 9.47. The highest BCUT2D eigenvalue weighted by molar-refractivity contribution is 6.27. The molecular formula is C35H29N3O5. The number of ether oxygens (including phenoxy) is 2. The molecule has 0 spiro atoms. The van der Waals surface area contributed by atoms with Crippen LogP contribution in [0.4, 0.5) is 5.69 Å². The predicted octanol–water partition coefficient (Wildman–Crippen LogP) is 4.65. The number of anilines is 1. The topological polar surface area (TPSA) is 97.3 Å². The summed E-state index contributed by atoms with van der Waals surface area (Å²) in [5.74, 6) is -3.51. The Morgan fingerprint density at radius 1 is 0.884 bits per heavy atom. The summed E-state index contributed by atoms with van der Waals surface area (Å²) in [4.78, 5) is 43.5. The van der Waals surface area contributed by atoms with Crippen molar-refractivity contribution >= 4 is 40.4 Å². The number of rotatable bonds is 5. The molecule has 8 nitrogen and oxygen atoms in total. The summed E-state index contributed by atoms with van der Waals surface area (Å²) >= 11 is 0. The van der Waals surface area contributed by atoms with Gasteiger partial charge in [0, 0.05) is 17.5 Å². The molecule has 2 saturated heterocycles. The van der Waals surface area contributed by atoms with Crippen molar-refractivity contribution in [3.05, 3.63) is 113 Å². The van der Waals surface area contributed by atoms with Gasteiger partial charge in [-0.1, -0.05) is 84.9 Å². The van der Waals surface area contributed by atoms with Crippen LogP contribution < -0.4 is 10.3 Å². The minimum absolute atomic E-state index is 0.0229. The number of nitrogens with one attached hydrogen (secondary N) is 1. The molecule has 1 N–H and O–H groups in total. The first-order chi connectivity index (χ1) is 20.9. The molecule has 3 amide bonds. The molecule has 2 atom stereocenters. The highest BCUT2D eigenvalue weighted by atomic mass is 16.7. The molecule has 0 aromatic heterocycles. The highest BCUT2D eigenvalue weighted by Crippen LogP contribution is 2.63. The maximum Gasteiger partial charge on any atom is 0.245 e. The summed E-state index contributed by atoms with van der Waals surface area (Å²) in [5.41, 5.74) is 6.02. The number of amides is 3. The molecule has 2 bridgehead atoms. The second kappa shape index (κ2) is 9.42. The first-order valence-corrected chi connectivity index (χ1v) is 14.6. The first kappa shape index (κ1) is 26.0. The number of benzene rings is 4. The summed E-state index contributed by atoms with van der Waals surface area (Å²) in [5, 5.41) is 6.28. The zero-order chi connectivity index (χ0) is 29.3. The van der Waals surface area contributed by atoms with E-state index in [0.717, 1.165) is 33.0 Å². The first-order valence-electron chi connectivity index (χ1n) is 14.6. The molecule has 43 heavy (non-hydrogen) atoms. The van der Waals surface area contributed by atoms with E-state index < -0.39 is 23.0 Å². The van der Waals surface area contributed by atoms with Crippen molar-refractivity contribution in [2.24, 2.45) is 16.9 Å². The SMILES string of the molecule is CC1(CC(=O)N/N=C\C23c4ccccc4C(c4ccccc42)[C@@H]2C(=O)N(c4cccc5ccccc45)C(=O)[C@@H]23)OCCO1. The third-order valence-electron chi connectivity index (χ3n) is 9.53. The van der Waals surface area contributed by atoms with Crippen molar-refractivity contribution in [1.82, 2.24) is 5.43 Å². The van der Waals surface area contributed by atoms with Gasteiger partial charge in [0.25, 0.3) is 0 Å². The molecule has 3 aliphatic carbocycles. The normalized spacial score (nSPS) is 26.5. The Hall–Kier alpha value is -4.66. The summed E-state index contributed by atoms with van der Waals surface area (Å²) in [6, 6.07) is 29.4. The van der Waals surface area contributed by atoms with Crippen LogP contribution in [0.5, 0.6) is 0 Å². The lowest BCUT2D eigenvalue weighted by Gasteiger charge is -2.52. The van der Waals surface area contributed by atoms with Crippen LogP contribution in [0.3, 0.4) is 0 Å². The van der Waals surface area contributed by atoms with E-state index in [9.17, 15) is 14.4 Å². The lowest BCUT2D eigenvalue weighted by molar-refractivity contribution is -0.159. The summed E-state index contributed by atoms with van der Waals surface area (Å²) in [6.45, 7) is 2.58. The zero-order valence-electron chi connectivity index (χ0n) is 23.5. The minimum atomic E-state index is -1.07. The van der Waals surface area contributed by atoms with Gasteiger partial charge in [-0.2, -0.15) is 5.10 Å². The van der Waals surface area contributed by atoms with Crippen LogP contribution in [0.1, 0.15) is 41.5 Å². The molecule has 9 rings (SSSR count). The van der Waals surface area contributed by atoms with Gasteiger partial charge in [0.1, 0.15) is 0 Å². The number of imide groups is 1. The molecule has 2 fully saturated rings. The van der Waals surface area contributed by atoms with Gasteiger partial charge < -0.3 is 9.47 Å². The van der Waals surface area contributed by atoms with Gasteiger partial charge in [0.05, 0.1) is 42.6 Å². The minimum Gasteiger partial charge on any atom is -0.347 e. The van der Waals surface area contributed by atoms with E-state index in [-0.39, 0.29) is 30.1 Å². The molecule has 2 heterocycles. The molecule has 4 aromatic rings. The van der Waals surface area contributed by atoms with Crippen LogP contribution in [0.25, 0.3) is 10.8 Å². The number of hydrazone groups is 1. The maximum atomic E-state index is 14.7. The Morgan fingerprint density at radius 2 is 1.51 bits per heavy atom. The molecule has 214 valence electrons. The third kappa shape index (κ3) is 3.63. The van der Waals surface area contributed by atoms with Crippen LogP contribution in [0.15, 0.2) is 96.1 Å². The molecule has 0 radical (unpaired) electrons. The van der Waals surface area contributed by atoms with E-state index in [2.05, 4.69) is 10.5 Å². The average Bonchev–Trinajstić information content (AvgIpc) is 3.57. The van der Waals surface area contributed by atoms with Crippen LogP contribution in [0.2, 0.25) is 0 Å². The maximum absolute atomic E-state index is 14.7. The Bertz CT molecular complexity index is 1810. The number of hydrogen-bond acceptors (Lipinski definition) is 6. The number of hydrogen-bond donors (Lipinski definition) is 1. The molecule has 0 unspecified atom stereocenters. The van der Waals surface area contributed by atoms with Gasteiger partial charge >= 0.3 is 0 Å². The monoisotopic (exact) mass is 571 g/mol. The molecule has 0 saturated carbocycles. The Balaban J connectivity index is 1.28. The van der Waals surface area contributed by atoms with E-state index in [1.807, 2.05) is 91.0 Å². The number of fused-ring (bicyclic) bond motifs is 1. The van der Waals surface area contributed by atoms with Crippen molar-refractivity contribution in [2.75, 3.05) is 18.1 Å². The summed E-state index contributed by atoms with van der Waals surface area (Å²) in [6.07, 6.45) is 1.65. The van der Waals surface area contributed by atoms with Crippen LogP contribution in [0, 0.1) is 11.8 Å². The van der Waals surface area contributed by atoms with Crippen LogP contribution in [-0.2, 0) is 29.3 Å². The van der Waals surface area contributed by atoms with Crippen molar-refractivity contribution in [3.63, 3.8) is 0 Å². The second-order valence-corrected chi connectivity index (χ2v) is 11.8. The average molecular weight is 572 g/mol. The standard InChI is InChI=1S/C35H29N3O5/c1-34(42-17-18-43-34)19-28(39)37-36-20-35-25-14-6-4-12-23(25)29(24-13-5-7-15-26(24)35)30-31(35)33(41)38(32(30)40)27-16-8-10-21-9-2-3-11-22(21)27/h2-16,20,29-31H,17-19H2,1H3,(H,37,39)/b36-20-/t29?,30-,31+,35?/m0/s1. The second-order valence-electron chi connectivity index (χ2n) is 11.8. The Kier molecular flexibility index (Phi) is 5.70. The van der Waals surface area contributed by atoms with E-state index in [1.165, 1.54) is 4.90 Å². The van der Waals surface area contributed by atoms with Crippen LogP contribution in [-0.4, -0.2) is 42.9 Å². The Morgan fingerprint density at radius 3 is 2.23 bits per heavy atom. The van der Waals surface area contributed by atoms with Crippen LogP contribution >= 0.6 is 0 Å². The molecule has 8 heteroatoms. The van der Waals surface area contributed by atoms with Gasteiger partial charge in [-0.05, 0) is 40.6 Å². The molecule has 5 aliphatic rings. The zero-order valence-corrected chi connectivity index (χ0v) is 23.5. The van der Waals surface area contributed by atoms with Gasteiger partial charge in [-0.15, -0.1) is 0 Å². The van der Waals surface area contributed by atoms with Crippen molar-refractivity contribution in [1.29, 1.82) is 0 Å². The van der Waals surface area contributed by atoms with Crippen molar-refractivity contribution < 1.29 is 23.9 Å². The molecule has 2 aliphatic heterocycles. The fourth-order valence-corrected chi connectivity index (χ4v) is 7.89. The van der Waals surface area contributed by atoms with Crippen molar-refractivity contribution in [3.8, 4) is 0 Å². The number of carbonyl (C=O) groups is 3. The Labute approximate surface area is 248 Å². The fourth-order valence-electron chi connectivity index (χ4n) is 7.89. The fraction of sp³-hybridized carbons (Fsp3) is 0.257. The largest absolute Gasteiger partial charge is 0.347 e. The van der Waals surface area contributed by atoms with E-state index in [1.54, 1.807) is 13.1 Å². The third-order valence-corrected chi connectivity index (χ3v) is 9.53. The predicted molar refractivity (Wildman–Crippen MR) is 160 cm³/mol. The smallest absolute Gasteiger partial charge is 0.245 e. The highest BCUT2D eigenvalue weighted by Gasteiger charge is 2.68. The summed E-state index contributed by atoms with van der Waals surface area (Å²) < 4.78 is 11.2. The van der Waals surface area contributed by atoms with E-state index in [4.69, 9.17) is 9.47 Å². The van der Waals surface area contributed by atoms with Gasteiger partial charge in [-0.3, -0.25) is 14.4 Å². The van der Waals surface area contributed by atoms with Gasteiger partial charge in [0.15, 0.2) is 5.79 Å².